The highest BCUT2D eigenvalue weighted by Crippen LogP contribution is 2.40. The fourth-order valence-electron chi connectivity index (χ4n) is 4.32. The van der Waals surface area contributed by atoms with Crippen LogP contribution in [0.15, 0.2) is 122 Å². The molecule has 4 aromatic carbocycles. The van der Waals surface area contributed by atoms with Crippen molar-refractivity contribution in [2.24, 2.45) is 0 Å². The molecule has 0 saturated heterocycles. The van der Waals surface area contributed by atoms with Crippen molar-refractivity contribution in [3.05, 3.63) is 127 Å². The molecule has 0 radical (unpaired) electrons. The van der Waals surface area contributed by atoms with E-state index in [-0.39, 0.29) is 11.6 Å². The Hall–Kier alpha value is -5.17. The molecule has 0 unspecified atom stereocenters. The van der Waals surface area contributed by atoms with Crippen LogP contribution < -0.4 is 4.74 Å². The van der Waals surface area contributed by atoms with Crippen LogP contribution in [0, 0.1) is 5.82 Å². The average molecular weight is 489 g/mol. The van der Waals surface area contributed by atoms with Gasteiger partial charge in [-0.05, 0) is 60.7 Å². The van der Waals surface area contributed by atoms with Crippen LogP contribution in [-0.2, 0) is 0 Å². The van der Waals surface area contributed by atoms with Crippen molar-refractivity contribution >= 4 is 0 Å². The van der Waals surface area contributed by atoms with E-state index < -0.39 is 0 Å². The number of ether oxygens (including phenoxy) is 1. The molecule has 2 aromatic heterocycles. The number of rotatable bonds is 2. The van der Waals surface area contributed by atoms with Gasteiger partial charge in [-0.1, -0.05) is 48.5 Å². The van der Waals surface area contributed by atoms with Gasteiger partial charge in [0.15, 0.2) is 5.75 Å². The zero-order chi connectivity index (χ0) is 25.2. The first-order valence-electron chi connectivity index (χ1n) is 11.7. The van der Waals surface area contributed by atoms with E-state index in [1.165, 1.54) is 10.7 Å². The van der Waals surface area contributed by atoms with Crippen molar-refractivity contribution in [3.63, 3.8) is 0 Å². The van der Waals surface area contributed by atoms with Gasteiger partial charge in [-0.3, -0.25) is 0 Å². The van der Waals surface area contributed by atoms with Gasteiger partial charge in [-0.2, -0.15) is 10.2 Å². The van der Waals surface area contributed by atoms with Crippen LogP contribution in [0.25, 0.3) is 33.9 Å². The summed E-state index contributed by atoms with van der Waals surface area (Å²) in [5.74, 6) is 1.47. The predicted octanol–water partition coefficient (Wildman–Crippen LogP) is 7.03. The van der Waals surface area contributed by atoms with E-state index in [2.05, 4.69) is 16.3 Å². The maximum atomic E-state index is 13.8. The Balaban J connectivity index is 0.000000136. The fourth-order valence-corrected chi connectivity index (χ4v) is 4.32. The van der Waals surface area contributed by atoms with Crippen LogP contribution in [0.1, 0.15) is 0 Å². The first-order chi connectivity index (χ1) is 18.2. The van der Waals surface area contributed by atoms with Crippen LogP contribution in [0.3, 0.4) is 0 Å². The monoisotopic (exact) mass is 488 g/mol. The summed E-state index contributed by atoms with van der Waals surface area (Å²) in [5.41, 5.74) is 4.69. The third-order valence-electron chi connectivity index (χ3n) is 6.02. The molecule has 37 heavy (non-hydrogen) atoms. The van der Waals surface area contributed by atoms with E-state index in [1.807, 2.05) is 65.5 Å². The second kappa shape index (κ2) is 9.47. The van der Waals surface area contributed by atoms with Gasteiger partial charge in [0.25, 0.3) is 0 Å². The maximum Gasteiger partial charge on any atom is 0.153 e. The molecular formula is C30H21FN4O2. The van der Waals surface area contributed by atoms with E-state index in [9.17, 15) is 9.50 Å². The maximum absolute atomic E-state index is 13.8. The van der Waals surface area contributed by atoms with Crippen LogP contribution >= 0.6 is 0 Å². The standard InChI is InChI=1S/C15H11FN2O.C15H10N2O/c16-12-6-2-3-7-14(12)18-13(9-10-17-18)11-5-1-4-8-15(11)19;1-3-7-14-11(5-1)12-9-10-16-17(12)13-6-2-4-8-15(13)18-14/h1-10,19H;1-10H. The summed E-state index contributed by atoms with van der Waals surface area (Å²) in [6.45, 7) is 0. The zero-order valence-electron chi connectivity index (χ0n) is 19.6. The number of halogens is 1. The Kier molecular flexibility index (Phi) is 5.71. The van der Waals surface area contributed by atoms with E-state index >= 15 is 0 Å². The number of hydrogen-bond acceptors (Lipinski definition) is 4. The molecule has 3 heterocycles. The first kappa shape index (κ1) is 22.3. The molecule has 180 valence electrons. The largest absolute Gasteiger partial charge is 0.507 e. The van der Waals surface area contributed by atoms with E-state index in [4.69, 9.17) is 4.74 Å². The number of benzene rings is 4. The Bertz CT molecular complexity index is 1590. The molecule has 7 heteroatoms. The van der Waals surface area contributed by atoms with Gasteiger partial charge in [-0.15, -0.1) is 0 Å². The Morgan fingerprint density at radius 2 is 1.11 bits per heavy atom. The number of aromatic nitrogens is 4. The molecule has 6 aromatic rings. The summed E-state index contributed by atoms with van der Waals surface area (Å²) >= 11 is 0. The summed E-state index contributed by atoms with van der Waals surface area (Å²) in [6.07, 6.45) is 3.39. The minimum absolute atomic E-state index is 0.139. The lowest BCUT2D eigenvalue weighted by Crippen LogP contribution is -2.01. The summed E-state index contributed by atoms with van der Waals surface area (Å²) < 4.78 is 23.2. The lowest BCUT2D eigenvalue weighted by molar-refractivity contribution is 0.477. The van der Waals surface area contributed by atoms with Gasteiger partial charge < -0.3 is 9.84 Å². The zero-order valence-corrected chi connectivity index (χ0v) is 19.6. The number of para-hydroxylation sites is 5. The topological polar surface area (TPSA) is 65.1 Å². The average Bonchev–Trinajstić information content (AvgIpc) is 3.58. The third kappa shape index (κ3) is 4.12. The summed E-state index contributed by atoms with van der Waals surface area (Å²) in [5, 5.41) is 18.4. The fraction of sp³-hybridized carbons (Fsp3) is 0. The molecule has 0 saturated carbocycles. The molecule has 0 aliphatic carbocycles. The van der Waals surface area contributed by atoms with Crippen LogP contribution in [0.5, 0.6) is 17.2 Å². The van der Waals surface area contributed by atoms with Crippen molar-refractivity contribution in [1.29, 1.82) is 0 Å². The molecule has 1 aliphatic rings. The minimum atomic E-state index is -0.358. The number of nitrogens with zero attached hydrogens (tertiary/aromatic N) is 4. The van der Waals surface area contributed by atoms with Crippen LogP contribution in [0.4, 0.5) is 4.39 Å². The first-order valence-corrected chi connectivity index (χ1v) is 11.7. The third-order valence-corrected chi connectivity index (χ3v) is 6.02. The Morgan fingerprint density at radius 3 is 1.84 bits per heavy atom. The molecule has 0 atom stereocenters. The quantitative estimate of drug-likeness (QED) is 0.284. The van der Waals surface area contributed by atoms with Gasteiger partial charge in [0.1, 0.15) is 28.7 Å². The lowest BCUT2D eigenvalue weighted by atomic mass is 10.1. The Labute approximate surface area is 212 Å². The van der Waals surface area contributed by atoms with Crippen molar-refractivity contribution in [2.75, 3.05) is 0 Å². The highest BCUT2D eigenvalue weighted by atomic mass is 19.1. The van der Waals surface area contributed by atoms with Crippen molar-refractivity contribution in [2.45, 2.75) is 0 Å². The normalized spacial score (nSPS) is 11.2. The lowest BCUT2D eigenvalue weighted by Gasteiger charge is -2.09. The smallest absolute Gasteiger partial charge is 0.153 e. The van der Waals surface area contributed by atoms with Crippen LogP contribution in [-0.4, -0.2) is 24.7 Å². The molecule has 7 rings (SSSR count). The van der Waals surface area contributed by atoms with Gasteiger partial charge in [0.2, 0.25) is 0 Å². The van der Waals surface area contributed by atoms with Gasteiger partial charge in [-0.25, -0.2) is 13.8 Å². The molecule has 6 nitrogen and oxygen atoms in total. The highest BCUT2D eigenvalue weighted by molar-refractivity contribution is 5.72. The van der Waals surface area contributed by atoms with E-state index in [0.29, 0.717) is 16.9 Å². The number of phenols is 1. The van der Waals surface area contributed by atoms with Gasteiger partial charge in [0.05, 0.1) is 23.8 Å². The second-order valence-electron chi connectivity index (χ2n) is 8.29. The van der Waals surface area contributed by atoms with Crippen molar-refractivity contribution in [1.82, 2.24) is 19.6 Å². The van der Waals surface area contributed by atoms with E-state index in [0.717, 1.165) is 28.4 Å². The number of fused-ring (bicyclic) bond motifs is 5. The summed E-state index contributed by atoms with van der Waals surface area (Å²) in [4.78, 5) is 0. The Morgan fingerprint density at radius 1 is 0.568 bits per heavy atom. The molecule has 1 N–H and O–H groups in total. The SMILES string of the molecule is Oc1ccccc1-c1ccnn1-c1ccccc1F.c1ccc2c(c1)Oc1ccccc1-n1nccc1-2. The highest BCUT2D eigenvalue weighted by Gasteiger charge is 2.19. The molecular weight excluding hydrogens is 467 g/mol. The number of phenolic OH excluding ortho intramolecular Hbond substituents is 1. The second-order valence-corrected chi connectivity index (χ2v) is 8.29. The molecule has 0 amide bonds. The predicted molar refractivity (Wildman–Crippen MR) is 140 cm³/mol. The number of hydrogen-bond donors (Lipinski definition) is 1. The van der Waals surface area contributed by atoms with Gasteiger partial charge in [0, 0.05) is 11.1 Å². The summed E-state index contributed by atoms with van der Waals surface area (Å²) in [7, 11) is 0. The summed E-state index contributed by atoms with van der Waals surface area (Å²) in [6, 6.07) is 33.0. The molecule has 1 aliphatic heterocycles. The molecule has 0 spiro atoms. The van der Waals surface area contributed by atoms with Crippen molar-refractivity contribution in [3.8, 4) is 51.1 Å². The van der Waals surface area contributed by atoms with Gasteiger partial charge >= 0.3 is 0 Å². The minimum Gasteiger partial charge on any atom is -0.507 e. The van der Waals surface area contributed by atoms with Crippen molar-refractivity contribution < 1.29 is 14.2 Å². The molecule has 0 bridgehead atoms. The van der Waals surface area contributed by atoms with E-state index in [1.54, 1.807) is 48.7 Å². The van der Waals surface area contributed by atoms with Crippen LogP contribution in [0.2, 0.25) is 0 Å². The number of aromatic hydroxyl groups is 1. The molecule has 0 fully saturated rings.